The molecule has 5 heteroatoms. The highest BCUT2D eigenvalue weighted by Crippen LogP contribution is 2.26. The Hall–Kier alpha value is -2.87. The maximum atomic E-state index is 11.2. The summed E-state index contributed by atoms with van der Waals surface area (Å²) in [6.07, 6.45) is 1.31. The van der Waals surface area contributed by atoms with E-state index in [0.717, 1.165) is 16.3 Å². The number of benzene rings is 2. The fourth-order valence-electron chi connectivity index (χ4n) is 1.87. The van der Waals surface area contributed by atoms with Gasteiger partial charge in [0.15, 0.2) is 0 Å². The third-order valence-corrected chi connectivity index (χ3v) is 2.77. The number of nitrogens with one attached hydrogen (secondary N) is 1. The number of hydrazone groups is 1. The third kappa shape index (κ3) is 2.93. The lowest BCUT2D eigenvalue weighted by Crippen LogP contribution is -2.16. The SMILES string of the molecule is COc1ccc2ccccc2c1/C=N\NC(=O)CC#N. The second-order valence-electron chi connectivity index (χ2n) is 4.03. The van der Waals surface area contributed by atoms with Crippen LogP contribution in [0.2, 0.25) is 0 Å². The summed E-state index contributed by atoms with van der Waals surface area (Å²) in [6.45, 7) is 0. The molecule has 0 radical (unpaired) electrons. The Morgan fingerprint density at radius 2 is 2.20 bits per heavy atom. The zero-order valence-electron chi connectivity index (χ0n) is 11.0. The molecule has 0 unspecified atom stereocenters. The summed E-state index contributed by atoms with van der Waals surface area (Å²) in [6, 6.07) is 13.4. The Kier molecular flexibility index (Phi) is 4.30. The molecule has 0 aliphatic carbocycles. The van der Waals surface area contributed by atoms with E-state index in [-0.39, 0.29) is 6.42 Å². The van der Waals surface area contributed by atoms with Gasteiger partial charge in [-0.1, -0.05) is 30.3 Å². The maximum absolute atomic E-state index is 11.2. The van der Waals surface area contributed by atoms with Crippen LogP contribution in [0.3, 0.4) is 0 Å². The van der Waals surface area contributed by atoms with E-state index >= 15 is 0 Å². The predicted molar refractivity (Wildman–Crippen MR) is 76.5 cm³/mol. The van der Waals surface area contributed by atoms with Gasteiger partial charge in [-0.2, -0.15) is 10.4 Å². The molecule has 0 saturated heterocycles. The molecule has 0 saturated carbocycles. The monoisotopic (exact) mass is 267 g/mol. The van der Waals surface area contributed by atoms with E-state index in [2.05, 4.69) is 10.5 Å². The van der Waals surface area contributed by atoms with E-state index in [9.17, 15) is 4.79 Å². The van der Waals surface area contributed by atoms with E-state index in [1.165, 1.54) is 6.21 Å². The number of rotatable bonds is 4. The van der Waals surface area contributed by atoms with Gasteiger partial charge in [-0.05, 0) is 16.8 Å². The van der Waals surface area contributed by atoms with Crippen LogP contribution in [0.5, 0.6) is 5.75 Å². The largest absolute Gasteiger partial charge is 0.496 e. The second kappa shape index (κ2) is 6.34. The number of ether oxygens (including phenoxy) is 1. The van der Waals surface area contributed by atoms with Gasteiger partial charge in [-0.15, -0.1) is 0 Å². The molecule has 5 nitrogen and oxygen atoms in total. The Bertz CT molecular complexity index is 702. The Morgan fingerprint density at radius 1 is 1.40 bits per heavy atom. The number of hydrogen-bond acceptors (Lipinski definition) is 4. The number of hydrogen-bond donors (Lipinski definition) is 1. The molecule has 100 valence electrons. The molecule has 2 aromatic carbocycles. The summed E-state index contributed by atoms with van der Waals surface area (Å²) in [4.78, 5) is 11.2. The summed E-state index contributed by atoms with van der Waals surface area (Å²) in [7, 11) is 1.58. The minimum Gasteiger partial charge on any atom is -0.496 e. The predicted octanol–water partition coefficient (Wildman–Crippen LogP) is 2.21. The number of carbonyl (C=O) groups is 1. The standard InChI is InChI=1S/C15H13N3O2/c1-20-14-7-6-11-4-2-3-5-12(11)13(14)10-17-18-15(19)8-9-16/h2-7,10H,8H2,1H3,(H,18,19)/b17-10-. The van der Waals surface area contributed by atoms with E-state index in [1.807, 2.05) is 36.4 Å². The summed E-state index contributed by atoms with van der Waals surface area (Å²) in [5.74, 6) is 0.227. The van der Waals surface area contributed by atoms with E-state index < -0.39 is 5.91 Å². The van der Waals surface area contributed by atoms with Crippen LogP contribution in [0.4, 0.5) is 0 Å². The molecule has 1 amide bonds. The zero-order chi connectivity index (χ0) is 14.4. The molecule has 0 fully saturated rings. The molecule has 0 heterocycles. The van der Waals surface area contributed by atoms with Gasteiger partial charge in [0.05, 0.1) is 19.4 Å². The van der Waals surface area contributed by atoms with Crippen molar-refractivity contribution in [1.82, 2.24) is 5.43 Å². The van der Waals surface area contributed by atoms with Crippen LogP contribution in [0.25, 0.3) is 10.8 Å². The molecular weight excluding hydrogens is 254 g/mol. The fraction of sp³-hybridized carbons (Fsp3) is 0.133. The van der Waals surface area contributed by atoms with Gasteiger partial charge in [0.2, 0.25) is 0 Å². The normalized spacial score (nSPS) is 10.4. The molecule has 20 heavy (non-hydrogen) atoms. The zero-order valence-corrected chi connectivity index (χ0v) is 11.0. The molecule has 2 aromatic rings. The van der Waals surface area contributed by atoms with Crippen molar-refractivity contribution in [2.24, 2.45) is 5.10 Å². The van der Waals surface area contributed by atoms with E-state index in [1.54, 1.807) is 13.2 Å². The first-order valence-electron chi connectivity index (χ1n) is 6.01. The van der Waals surface area contributed by atoms with Crippen LogP contribution in [0.15, 0.2) is 41.5 Å². The number of amides is 1. The summed E-state index contributed by atoms with van der Waals surface area (Å²) in [5.41, 5.74) is 3.08. The third-order valence-electron chi connectivity index (χ3n) is 2.77. The quantitative estimate of drug-likeness (QED) is 0.681. The first-order valence-corrected chi connectivity index (χ1v) is 6.01. The average molecular weight is 267 g/mol. The Labute approximate surface area is 116 Å². The highest BCUT2D eigenvalue weighted by atomic mass is 16.5. The van der Waals surface area contributed by atoms with Gasteiger partial charge in [0, 0.05) is 5.56 Å². The summed E-state index contributed by atoms with van der Waals surface area (Å²) in [5, 5.41) is 14.3. The van der Waals surface area contributed by atoms with Crippen LogP contribution < -0.4 is 10.2 Å². The number of nitriles is 1. The van der Waals surface area contributed by atoms with Crippen LogP contribution >= 0.6 is 0 Å². The molecular formula is C15H13N3O2. The Balaban J connectivity index is 2.34. The summed E-state index contributed by atoms with van der Waals surface area (Å²) < 4.78 is 5.30. The lowest BCUT2D eigenvalue weighted by Gasteiger charge is -2.08. The van der Waals surface area contributed by atoms with Crippen molar-refractivity contribution in [2.45, 2.75) is 6.42 Å². The number of methoxy groups -OCH3 is 1. The van der Waals surface area contributed by atoms with Gasteiger partial charge in [0.1, 0.15) is 12.2 Å². The van der Waals surface area contributed by atoms with Crippen LogP contribution in [0.1, 0.15) is 12.0 Å². The maximum Gasteiger partial charge on any atom is 0.254 e. The van der Waals surface area contributed by atoms with E-state index in [4.69, 9.17) is 10.00 Å². The lowest BCUT2D eigenvalue weighted by molar-refractivity contribution is -0.120. The number of fused-ring (bicyclic) bond motifs is 1. The number of nitrogens with zero attached hydrogens (tertiary/aromatic N) is 2. The van der Waals surface area contributed by atoms with Gasteiger partial charge in [-0.25, -0.2) is 5.43 Å². The van der Waals surface area contributed by atoms with Crippen molar-refractivity contribution in [3.05, 3.63) is 42.0 Å². The fourth-order valence-corrected chi connectivity index (χ4v) is 1.87. The smallest absolute Gasteiger partial charge is 0.254 e. The van der Waals surface area contributed by atoms with Gasteiger partial charge in [0.25, 0.3) is 5.91 Å². The lowest BCUT2D eigenvalue weighted by atomic mass is 10.0. The first kappa shape index (κ1) is 13.6. The topological polar surface area (TPSA) is 74.5 Å². The van der Waals surface area contributed by atoms with Gasteiger partial charge < -0.3 is 4.74 Å². The average Bonchev–Trinajstić information content (AvgIpc) is 2.47. The molecule has 1 N–H and O–H groups in total. The molecule has 0 aliphatic heterocycles. The summed E-state index contributed by atoms with van der Waals surface area (Å²) >= 11 is 0. The first-order chi connectivity index (χ1) is 9.76. The van der Waals surface area contributed by atoms with Crippen molar-refractivity contribution >= 4 is 22.9 Å². The van der Waals surface area contributed by atoms with Crippen molar-refractivity contribution in [3.8, 4) is 11.8 Å². The molecule has 0 spiro atoms. The van der Waals surface area contributed by atoms with Crippen LogP contribution in [0, 0.1) is 11.3 Å². The minimum atomic E-state index is -0.442. The highest BCUT2D eigenvalue weighted by Gasteiger charge is 2.06. The van der Waals surface area contributed by atoms with Gasteiger partial charge in [-0.3, -0.25) is 4.79 Å². The molecule has 0 aromatic heterocycles. The van der Waals surface area contributed by atoms with Crippen molar-refractivity contribution in [2.75, 3.05) is 7.11 Å². The minimum absolute atomic E-state index is 0.218. The van der Waals surface area contributed by atoms with Crippen molar-refractivity contribution in [1.29, 1.82) is 5.26 Å². The van der Waals surface area contributed by atoms with Crippen molar-refractivity contribution in [3.63, 3.8) is 0 Å². The Morgan fingerprint density at radius 3 is 2.95 bits per heavy atom. The molecule has 0 bridgehead atoms. The second-order valence-corrected chi connectivity index (χ2v) is 4.03. The van der Waals surface area contributed by atoms with Crippen molar-refractivity contribution < 1.29 is 9.53 Å². The van der Waals surface area contributed by atoms with Gasteiger partial charge >= 0.3 is 0 Å². The number of carbonyl (C=O) groups excluding carboxylic acids is 1. The molecule has 2 rings (SSSR count). The molecule has 0 aliphatic rings. The van der Waals surface area contributed by atoms with E-state index in [0.29, 0.717) is 5.75 Å². The highest BCUT2D eigenvalue weighted by molar-refractivity contribution is 6.02. The van der Waals surface area contributed by atoms with Crippen LogP contribution in [-0.2, 0) is 4.79 Å². The van der Waals surface area contributed by atoms with Crippen LogP contribution in [-0.4, -0.2) is 19.2 Å². The molecule has 0 atom stereocenters.